The molecule has 2 rings (SSSR count). The highest BCUT2D eigenvalue weighted by Gasteiger charge is 2.17. The number of rotatable bonds is 6. The van der Waals surface area contributed by atoms with Gasteiger partial charge < -0.3 is 9.88 Å². The van der Waals surface area contributed by atoms with Crippen molar-refractivity contribution < 1.29 is 4.39 Å². The molecule has 1 aromatic carbocycles. The minimum absolute atomic E-state index is 0.232. The Bertz CT molecular complexity index is 548. The van der Waals surface area contributed by atoms with Gasteiger partial charge in [-0.05, 0) is 25.1 Å². The van der Waals surface area contributed by atoms with Crippen LogP contribution >= 0.6 is 0 Å². The van der Waals surface area contributed by atoms with E-state index in [0.717, 1.165) is 37.4 Å². The van der Waals surface area contributed by atoms with Crippen molar-refractivity contribution in [3.8, 4) is 0 Å². The second-order valence-electron chi connectivity index (χ2n) is 4.94. The zero-order chi connectivity index (χ0) is 13.8. The molecule has 1 atom stereocenters. The first-order valence-electron chi connectivity index (χ1n) is 7.04. The normalized spacial score (nSPS) is 13.1. The summed E-state index contributed by atoms with van der Waals surface area (Å²) in [6.07, 6.45) is 1.02. The summed E-state index contributed by atoms with van der Waals surface area (Å²) in [5.74, 6) is 1.02. The maximum Gasteiger partial charge on any atom is 0.151 e. The summed E-state index contributed by atoms with van der Waals surface area (Å²) >= 11 is 0. The van der Waals surface area contributed by atoms with Gasteiger partial charge in [0.2, 0.25) is 0 Å². The molecule has 1 heterocycles. The van der Waals surface area contributed by atoms with Crippen molar-refractivity contribution in [3.05, 3.63) is 29.8 Å². The van der Waals surface area contributed by atoms with Crippen LogP contribution < -0.4 is 5.32 Å². The summed E-state index contributed by atoms with van der Waals surface area (Å²) in [4.78, 5) is 4.53. The fourth-order valence-corrected chi connectivity index (χ4v) is 2.42. The van der Waals surface area contributed by atoms with Crippen LogP contribution in [-0.2, 0) is 6.54 Å². The van der Waals surface area contributed by atoms with E-state index in [2.05, 4.69) is 35.6 Å². The third-order valence-corrected chi connectivity index (χ3v) is 3.35. The maximum atomic E-state index is 13.8. The van der Waals surface area contributed by atoms with Crippen LogP contribution in [0.5, 0.6) is 0 Å². The minimum Gasteiger partial charge on any atom is -0.328 e. The second-order valence-corrected chi connectivity index (χ2v) is 4.94. The second kappa shape index (κ2) is 6.15. The molecule has 19 heavy (non-hydrogen) atoms. The predicted molar refractivity (Wildman–Crippen MR) is 76.9 cm³/mol. The van der Waals surface area contributed by atoms with Crippen molar-refractivity contribution >= 4 is 11.0 Å². The molecule has 0 amide bonds. The Morgan fingerprint density at radius 1 is 1.37 bits per heavy atom. The Labute approximate surface area is 113 Å². The Balaban J connectivity index is 2.46. The molecule has 0 aliphatic rings. The van der Waals surface area contributed by atoms with Crippen LogP contribution in [0.2, 0.25) is 0 Å². The first kappa shape index (κ1) is 14.0. The monoisotopic (exact) mass is 263 g/mol. The third-order valence-electron chi connectivity index (χ3n) is 3.35. The molecule has 0 aliphatic carbocycles. The molecule has 0 aliphatic heterocycles. The summed E-state index contributed by atoms with van der Waals surface area (Å²) < 4.78 is 16.0. The summed E-state index contributed by atoms with van der Waals surface area (Å²) in [5, 5.41) is 3.33. The number of hydrogen-bond acceptors (Lipinski definition) is 2. The molecule has 0 fully saturated rings. The van der Waals surface area contributed by atoms with Crippen LogP contribution in [0.1, 0.15) is 38.9 Å². The molecule has 0 saturated heterocycles. The first-order chi connectivity index (χ1) is 9.19. The van der Waals surface area contributed by atoms with Gasteiger partial charge in [0.15, 0.2) is 5.82 Å². The number of fused-ring (bicyclic) bond motifs is 1. The molecule has 2 aromatic rings. The van der Waals surface area contributed by atoms with Gasteiger partial charge in [0, 0.05) is 19.0 Å². The van der Waals surface area contributed by atoms with E-state index in [1.54, 1.807) is 6.07 Å². The van der Waals surface area contributed by atoms with Gasteiger partial charge in [-0.1, -0.05) is 26.8 Å². The molecule has 0 saturated carbocycles. The molecule has 3 nitrogen and oxygen atoms in total. The average molecular weight is 263 g/mol. The molecule has 0 bridgehead atoms. The van der Waals surface area contributed by atoms with E-state index in [1.807, 2.05) is 6.07 Å². The lowest BCUT2D eigenvalue weighted by Gasteiger charge is -2.14. The van der Waals surface area contributed by atoms with Crippen LogP contribution in [0, 0.1) is 5.82 Å². The van der Waals surface area contributed by atoms with Gasteiger partial charge in [-0.2, -0.15) is 0 Å². The van der Waals surface area contributed by atoms with Crippen molar-refractivity contribution in [2.75, 3.05) is 13.1 Å². The highest BCUT2D eigenvalue weighted by molar-refractivity contribution is 5.76. The van der Waals surface area contributed by atoms with E-state index < -0.39 is 0 Å². The smallest absolute Gasteiger partial charge is 0.151 e. The van der Waals surface area contributed by atoms with Crippen LogP contribution in [0.3, 0.4) is 0 Å². The topological polar surface area (TPSA) is 29.9 Å². The zero-order valence-electron chi connectivity index (χ0n) is 11.9. The molecule has 1 N–H and O–H groups in total. The molecule has 104 valence electrons. The number of benzene rings is 1. The lowest BCUT2D eigenvalue weighted by Crippen LogP contribution is -2.21. The molecule has 0 radical (unpaired) electrons. The van der Waals surface area contributed by atoms with E-state index >= 15 is 0 Å². The SMILES string of the molecule is CCCn1c(C(C)CNCC)nc2c(F)cccc21. The van der Waals surface area contributed by atoms with Crippen molar-refractivity contribution in [1.82, 2.24) is 14.9 Å². The van der Waals surface area contributed by atoms with E-state index in [1.165, 1.54) is 6.07 Å². The Morgan fingerprint density at radius 3 is 2.84 bits per heavy atom. The number of aryl methyl sites for hydroxylation is 1. The van der Waals surface area contributed by atoms with Crippen LogP contribution in [0.15, 0.2) is 18.2 Å². The summed E-state index contributed by atoms with van der Waals surface area (Å²) in [5.41, 5.74) is 1.40. The van der Waals surface area contributed by atoms with E-state index in [-0.39, 0.29) is 11.7 Å². The van der Waals surface area contributed by atoms with E-state index in [9.17, 15) is 4.39 Å². The predicted octanol–water partition coefficient (Wildman–Crippen LogP) is 3.30. The number of aromatic nitrogens is 2. The standard InChI is InChI=1S/C15H22FN3/c1-4-9-19-13-8-6-7-12(16)14(13)18-15(19)11(3)10-17-5-2/h6-8,11,17H,4-5,9-10H2,1-3H3. The molecule has 1 unspecified atom stereocenters. The number of nitrogens with zero attached hydrogens (tertiary/aromatic N) is 2. The van der Waals surface area contributed by atoms with Gasteiger partial charge in [-0.25, -0.2) is 9.37 Å². The fraction of sp³-hybridized carbons (Fsp3) is 0.533. The first-order valence-corrected chi connectivity index (χ1v) is 7.04. The molecular formula is C15H22FN3. The van der Waals surface area contributed by atoms with Crippen molar-refractivity contribution in [2.24, 2.45) is 0 Å². The van der Waals surface area contributed by atoms with E-state index in [4.69, 9.17) is 0 Å². The molecule has 1 aromatic heterocycles. The minimum atomic E-state index is -0.232. The number of halogens is 1. The van der Waals surface area contributed by atoms with Crippen LogP contribution in [0.4, 0.5) is 4.39 Å². The maximum absolute atomic E-state index is 13.8. The van der Waals surface area contributed by atoms with Crippen molar-refractivity contribution in [3.63, 3.8) is 0 Å². The summed E-state index contributed by atoms with van der Waals surface area (Å²) in [6, 6.07) is 5.18. The number of nitrogens with one attached hydrogen (secondary N) is 1. The van der Waals surface area contributed by atoms with Gasteiger partial charge in [-0.15, -0.1) is 0 Å². The largest absolute Gasteiger partial charge is 0.328 e. The summed E-state index contributed by atoms with van der Waals surface area (Å²) in [6.45, 7) is 9.03. The molecule has 0 spiro atoms. The molecule has 4 heteroatoms. The van der Waals surface area contributed by atoms with Gasteiger partial charge in [0.05, 0.1) is 5.52 Å². The molecular weight excluding hydrogens is 241 g/mol. The highest BCUT2D eigenvalue weighted by atomic mass is 19.1. The van der Waals surface area contributed by atoms with Crippen molar-refractivity contribution in [1.29, 1.82) is 0 Å². The van der Waals surface area contributed by atoms with Gasteiger partial charge in [-0.3, -0.25) is 0 Å². The van der Waals surface area contributed by atoms with Gasteiger partial charge >= 0.3 is 0 Å². The highest BCUT2D eigenvalue weighted by Crippen LogP contribution is 2.24. The number of para-hydroxylation sites is 1. The van der Waals surface area contributed by atoms with Gasteiger partial charge in [0.25, 0.3) is 0 Å². The van der Waals surface area contributed by atoms with Crippen LogP contribution in [-0.4, -0.2) is 22.6 Å². The zero-order valence-corrected chi connectivity index (χ0v) is 11.9. The Morgan fingerprint density at radius 2 is 2.16 bits per heavy atom. The fourth-order valence-electron chi connectivity index (χ4n) is 2.42. The number of imidazole rings is 1. The number of hydrogen-bond donors (Lipinski definition) is 1. The quantitative estimate of drug-likeness (QED) is 0.866. The van der Waals surface area contributed by atoms with Crippen LogP contribution in [0.25, 0.3) is 11.0 Å². The Hall–Kier alpha value is -1.42. The number of likely N-dealkylation sites (N-methyl/N-ethyl adjacent to an activating group) is 1. The van der Waals surface area contributed by atoms with Crippen molar-refractivity contribution in [2.45, 2.75) is 39.7 Å². The summed E-state index contributed by atoms with van der Waals surface area (Å²) in [7, 11) is 0. The Kier molecular flexibility index (Phi) is 4.53. The van der Waals surface area contributed by atoms with E-state index in [0.29, 0.717) is 5.52 Å². The lowest BCUT2D eigenvalue weighted by molar-refractivity contribution is 0.563. The van der Waals surface area contributed by atoms with Gasteiger partial charge in [0.1, 0.15) is 11.3 Å². The third kappa shape index (κ3) is 2.78. The lowest BCUT2D eigenvalue weighted by atomic mass is 10.1. The average Bonchev–Trinajstić information content (AvgIpc) is 2.77.